The Balaban J connectivity index is 2.23. The summed E-state index contributed by atoms with van der Waals surface area (Å²) in [6.07, 6.45) is 2.75. The van der Waals surface area contributed by atoms with Crippen molar-refractivity contribution in [2.45, 2.75) is 31.7 Å². The number of nitrogens with zero attached hydrogens (tertiary/aromatic N) is 2. The van der Waals surface area contributed by atoms with E-state index in [4.69, 9.17) is 5.11 Å². The van der Waals surface area contributed by atoms with Gasteiger partial charge in [-0.2, -0.15) is 0 Å². The lowest BCUT2D eigenvalue weighted by molar-refractivity contribution is 0.0690. The van der Waals surface area contributed by atoms with Crippen molar-refractivity contribution in [3.05, 3.63) is 17.5 Å². The van der Waals surface area contributed by atoms with Gasteiger partial charge in [-0.15, -0.1) is 0 Å². The number of aliphatic hydroxyl groups is 1. The SMILES string of the molecule is Cc1cc(C(=O)O)nc(NC2(CO)CCC2)n1. The molecule has 1 aliphatic carbocycles. The van der Waals surface area contributed by atoms with Gasteiger partial charge in [0.15, 0.2) is 5.69 Å². The van der Waals surface area contributed by atoms with Crippen LogP contribution in [0.2, 0.25) is 0 Å². The Kier molecular flexibility index (Phi) is 2.97. The van der Waals surface area contributed by atoms with E-state index in [-0.39, 0.29) is 23.8 Å². The minimum Gasteiger partial charge on any atom is -0.477 e. The fraction of sp³-hybridized carbons (Fsp3) is 0.545. The molecule has 6 heteroatoms. The number of carbonyl (C=O) groups is 1. The van der Waals surface area contributed by atoms with Crippen molar-refractivity contribution in [1.29, 1.82) is 0 Å². The number of aromatic carboxylic acids is 1. The van der Waals surface area contributed by atoms with E-state index in [9.17, 15) is 9.90 Å². The van der Waals surface area contributed by atoms with Crippen LogP contribution in [0.15, 0.2) is 6.07 Å². The molecule has 1 aromatic rings. The summed E-state index contributed by atoms with van der Waals surface area (Å²) in [5, 5.41) is 21.2. The molecule has 0 aromatic carbocycles. The third-order valence-electron chi connectivity index (χ3n) is 3.06. The summed E-state index contributed by atoms with van der Waals surface area (Å²) in [7, 11) is 0. The zero-order valence-electron chi connectivity index (χ0n) is 9.60. The number of aliphatic hydroxyl groups excluding tert-OH is 1. The predicted molar refractivity (Wildman–Crippen MR) is 61.0 cm³/mol. The summed E-state index contributed by atoms with van der Waals surface area (Å²) in [5.41, 5.74) is 0.184. The number of hydrogen-bond acceptors (Lipinski definition) is 5. The van der Waals surface area contributed by atoms with E-state index in [1.54, 1.807) is 6.92 Å². The van der Waals surface area contributed by atoms with E-state index in [2.05, 4.69) is 15.3 Å². The average molecular weight is 237 g/mol. The number of aryl methyl sites for hydroxylation is 1. The molecule has 0 bridgehead atoms. The maximum atomic E-state index is 10.9. The van der Waals surface area contributed by atoms with Crippen LogP contribution in [-0.4, -0.2) is 38.3 Å². The van der Waals surface area contributed by atoms with Crippen LogP contribution < -0.4 is 5.32 Å². The summed E-state index contributed by atoms with van der Waals surface area (Å²) in [6, 6.07) is 1.42. The van der Waals surface area contributed by atoms with Crippen molar-refractivity contribution in [1.82, 2.24) is 9.97 Å². The number of rotatable bonds is 4. The topological polar surface area (TPSA) is 95.3 Å². The van der Waals surface area contributed by atoms with Crippen LogP contribution >= 0.6 is 0 Å². The molecule has 0 atom stereocenters. The van der Waals surface area contributed by atoms with Gasteiger partial charge in [0.2, 0.25) is 5.95 Å². The fourth-order valence-electron chi connectivity index (χ4n) is 1.90. The van der Waals surface area contributed by atoms with Gasteiger partial charge in [0, 0.05) is 5.69 Å². The highest BCUT2D eigenvalue weighted by Gasteiger charge is 2.37. The molecule has 0 spiro atoms. The van der Waals surface area contributed by atoms with Gasteiger partial charge in [0.25, 0.3) is 0 Å². The molecule has 1 aliphatic rings. The van der Waals surface area contributed by atoms with Gasteiger partial charge in [0.05, 0.1) is 12.1 Å². The van der Waals surface area contributed by atoms with Crippen LogP contribution in [0.1, 0.15) is 35.4 Å². The summed E-state index contributed by atoms with van der Waals surface area (Å²) in [6.45, 7) is 1.72. The molecule has 17 heavy (non-hydrogen) atoms. The molecule has 0 radical (unpaired) electrons. The molecule has 1 fully saturated rings. The molecule has 1 aromatic heterocycles. The average Bonchev–Trinajstić information content (AvgIpc) is 2.22. The van der Waals surface area contributed by atoms with E-state index in [0.29, 0.717) is 5.69 Å². The molecule has 3 N–H and O–H groups in total. The number of nitrogens with one attached hydrogen (secondary N) is 1. The van der Waals surface area contributed by atoms with Gasteiger partial charge in [0.1, 0.15) is 0 Å². The normalized spacial score (nSPS) is 17.3. The predicted octanol–water partition coefficient (Wildman–Crippen LogP) is 0.810. The molecule has 2 rings (SSSR count). The van der Waals surface area contributed by atoms with Crippen molar-refractivity contribution >= 4 is 11.9 Å². The van der Waals surface area contributed by atoms with Crippen LogP contribution in [0.5, 0.6) is 0 Å². The minimum absolute atomic E-state index is 0.00665. The zero-order valence-corrected chi connectivity index (χ0v) is 9.60. The first-order valence-electron chi connectivity index (χ1n) is 5.53. The lowest BCUT2D eigenvalue weighted by Gasteiger charge is -2.40. The Bertz CT molecular complexity index is 438. The highest BCUT2D eigenvalue weighted by molar-refractivity contribution is 5.85. The van der Waals surface area contributed by atoms with Gasteiger partial charge in [-0.3, -0.25) is 0 Å². The van der Waals surface area contributed by atoms with Crippen LogP contribution in [0, 0.1) is 6.92 Å². The molecule has 1 heterocycles. The van der Waals surface area contributed by atoms with E-state index in [0.717, 1.165) is 19.3 Å². The van der Waals surface area contributed by atoms with Crippen molar-refractivity contribution < 1.29 is 15.0 Å². The molecule has 0 amide bonds. The van der Waals surface area contributed by atoms with E-state index < -0.39 is 5.97 Å². The van der Waals surface area contributed by atoms with Crippen molar-refractivity contribution in [2.75, 3.05) is 11.9 Å². The summed E-state index contributed by atoms with van der Waals surface area (Å²) in [5.74, 6) is -0.804. The molecular weight excluding hydrogens is 222 g/mol. The largest absolute Gasteiger partial charge is 0.477 e. The monoisotopic (exact) mass is 237 g/mol. The molecular formula is C11H15N3O3. The summed E-state index contributed by atoms with van der Waals surface area (Å²) in [4.78, 5) is 18.9. The lowest BCUT2D eigenvalue weighted by Crippen LogP contribution is -2.48. The maximum Gasteiger partial charge on any atom is 0.354 e. The Hall–Kier alpha value is -1.69. The van der Waals surface area contributed by atoms with Gasteiger partial charge in [-0.05, 0) is 32.3 Å². The van der Waals surface area contributed by atoms with Crippen LogP contribution in [0.25, 0.3) is 0 Å². The first-order valence-corrected chi connectivity index (χ1v) is 5.53. The quantitative estimate of drug-likeness (QED) is 0.717. The summed E-state index contributed by atoms with van der Waals surface area (Å²) >= 11 is 0. The third-order valence-corrected chi connectivity index (χ3v) is 3.06. The summed E-state index contributed by atoms with van der Waals surface area (Å²) < 4.78 is 0. The zero-order chi connectivity index (χ0) is 12.5. The molecule has 6 nitrogen and oxygen atoms in total. The second-order valence-corrected chi connectivity index (χ2v) is 4.44. The van der Waals surface area contributed by atoms with Gasteiger partial charge < -0.3 is 15.5 Å². The molecule has 92 valence electrons. The molecule has 0 unspecified atom stereocenters. The van der Waals surface area contributed by atoms with Crippen molar-refractivity contribution in [3.63, 3.8) is 0 Å². The first kappa shape index (κ1) is 11.8. The number of carboxylic acid groups (broad SMARTS) is 1. The van der Waals surface area contributed by atoms with Crippen LogP contribution in [0.3, 0.4) is 0 Å². The van der Waals surface area contributed by atoms with Gasteiger partial charge in [-0.1, -0.05) is 0 Å². The minimum atomic E-state index is -1.08. The van der Waals surface area contributed by atoms with E-state index in [1.165, 1.54) is 6.07 Å². The third kappa shape index (κ3) is 2.36. The number of aromatic nitrogens is 2. The lowest BCUT2D eigenvalue weighted by atomic mass is 9.77. The smallest absolute Gasteiger partial charge is 0.354 e. The van der Waals surface area contributed by atoms with Gasteiger partial charge >= 0.3 is 5.97 Å². The van der Waals surface area contributed by atoms with Gasteiger partial charge in [-0.25, -0.2) is 14.8 Å². The molecule has 1 saturated carbocycles. The number of anilines is 1. The Morgan fingerprint density at radius 1 is 1.53 bits per heavy atom. The first-order chi connectivity index (χ1) is 8.04. The molecule has 0 saturated heterocycles. The van der Waals surface area contributed by atoms with E-state index in [1.807, 2.05) is 0 Å². The number of hydrogen-bond donors (Lipinski definition) is 3. The Morgan fingerprint density at radius 3 is 2.71 bits per heavy atom. The second-order valence-electron chi connectivity index (χ2n) is 4.44. The van der Waals surface area contributed by atoms with Crippen molar-refractivity contribution in [2.24, 2.45) is 0 Å². The van der Waals surface area contributed by atoms with E-state index >= 15 is 0 Å². The second kappa shape index (κ2) is 4.29. The molecule has 0 aliphatic heterocycles. The van der Waals surface area contributed by atoms with Crippen LogP contribution in [0.4, 0.5) is 5.95 Å². The maximum absolute atomic E-state index is 10.9. The standard InChI is InChI=1S/C11H15N3O3/c1-7-5-8(9(16)17)13-10(12-7)14-11(6-15)3-2-4-11/h5,15H,2-4,6H2,1H3,(H,16,17)(H,12,13,14). The highest BCUT2D eigenvalue weighted by Crippen LogP contribution is 2.33. The Labute approximate surface area is 98.7 Å². The highest BCUT2D eigenvalue weighted by atomic mass is 16.4. The van der Waals surface area contributed by atoms with Crippen molar-refractivity contribution in [3.8, 4) is 0 Å². The Morgan fingerprint density at radius 2 is 2.24 bits per heavy atom. The number of carboxylic acids is 1. The fourth-order valence-corrected chi connectivity index (χ4v) is 1.90. The van der Waals surface area contributed by atoms with Crippen LogP contribution in [-0.2, 0) is 0 Å².